The number of aryl methyl sites for hydroxylation is 1. The van der Waals surface area contributed by atoms with Gasteiger partial charge in [-0.15, -0.1) is 0 Å². The molecule has 1 fully saturated rings. The van der Waals surface area contributed by atoms with Gasteiger partial charge < -0.3 is 11.1 Å². The zero-order valence-electron chi connectivity index (χ0n) is 18.9. The molecule has 1 saturated carbocycles. The summed E-state index contributed by atoms with van der Waals surface area (Å²) in [5.74, 6) is 1.91. The van der Waals surface area contributed by atoms with Crippen LogP contribution in [0.2, 0.25) is 0 Å². The fraction of sp³-hybridized carbons (Fsp3) is 0.200. The standard InChI is InChI=1S/C25H24N8O/c1-14-13-19(32-31-14)29-24(34)28-18-8-7-17(15-5-3-4-6-16(15)18)20-21-22(26)27-11-12-33(21)23(30-20)25(2)9-10-25/h3-8,11-13H,9-10H2,1-2H3,(H2,26,27)(H3,28,29,31,32,34). The molecule has 3 heterocycles. The predicted octanol–water partition coefficient (Wildman–Crippen LogP) is 4.86. The molecule has 0 unspecified atom stereocenters. The second-order valence-corrected chi connectivity index (χ2v) is 9.10. The van der Waals surface area contributed by atoms with Crippen molar-refractivity contribution in [3.05, 3.63) is 66.4 Å². The number of urea groups is 1. The Morgan fingerprint density at radius 3 is 2.68 bits per heavy atom. The first-order valence-corrected chi connectivity index (χ1v) is 11.2. The van der Waals surface area contributed by atoms with Crippen molar-refractivity contribution in [1.29, 1.82) is 0 Å². The summed E-state index contributed by atoms with van der Waals surface area (Å²) < 4.78 is 2.07. The maximum atomic E-state index is 12.6. The number of hydrogen-bond donors (Lipinski definition) is 4. The Hall–Kier alpha value is -4.40. The number of carbonyl (C=O) groups is 1. The summed E-state index contributed by atoms with van der Waals surface area (Å²) in [5, 5.41) is 14.4. The van der Waals surface area contributed by atoms with Gasteiger partial charge in [-0.2, -0.15) is 5.10 Å². The van der Waals surface area contributed by atoms with E-state index in [9.17, 15) is 4.79 Å². The molecule has 1 aliphatic rings. The predicted molar refractivity (Wildman–Crippen MR) is 133 cm³/mol. The van der Waals surface area contributed by atoms with Gasteiger partial charge in [0, 0.05) is 40.5 Å². The minimum Gasteiger partial charge on any atom is -0.382 e. The first-order valence-electron chi connectivity index (χ1n) is 11.2. The van der Waals surface area contributed by atoms with Crippen LogP contribution in [0.3, 0.4) is 0 Å². The molecule has 0 saturated heterocycles. The fourth-order valence-corrected chi connectivity index (χ4v) is 4.46. The third-order valence-corrected chi connectivity index (χ3v) is 6.50. The summed E-state index contributed by atoms with van der Waals surface area (Å²) in [6, 6.07) is 13.2. The second-order valence-electron chi connectivity index (χ2n) is 9.10. The number of carbonyl (C=O) groups excluding carboxylic acids is 1. The van der Waals surface area contributed by atoms with Gasteiger partial charge in [0.25, 0.3) is 0 Å². The van der Waals surface area contributed by atoms with Gasteiger partial charge in [0.2, 0.25) is 0 Å². The Morgan fingerprint density at radius 1 is 1.15 bits per heavy atom. The zero-order chi connectivity index (χ0) is 23.4. The molecule has 0 atom stereocenters. The van der Waals surface area contributed by atoms with E-state index in [0.29, 0.717) is 17.3 Å². The van der Waals surface area contributed by atoms with Gasteiger partial charge in [-0.25, -0.2) is 14.8 Å². The number of imidazole rings is 1. The van der Waals surface area contributed by atoms with Crippen molar-refractivity contribution in [3.63, 3.8) is 0 Å². The highest BCUT2D eigenvalue weighted by atomic mass is 16.2. The van der Waals surface area contributed by atoms with Crippen molar-refractivity contribution in [2.24, 2.45) is 0 Å². The summed E-state index contributed by atoms with van der Waals surface area (Å²) in [4.78, 5) is 22.0. The number of hydrogen-bond acceptors (Lipinski definition) is 5. The lowest BCUT2D eigenvalue weighted by Crippen LogP contribution is -2.19. The number of H-pyrrole nitrogens is 1. The molecule has 9 nitrogen and oxygen atoms in total. The van der Waals surface area contributed by atoms with Gasteiger partial charge in [0.05, 0.1) is 5.69 Å². The molecule has 34 heavy (non-hydrogen) atoms. The van der Waals surface area contributed by atoms with Crippen LogP contribution in [-0.4, -0.2) is 30.6 Å². The molecule has 2 aromatic carbocycles. The number of rotatable bonds is 4. The average Bonchev–Trinajstić information content (AvgIpc) is 3.24. The minimum absolute atomic E-state index is 0.0506. The Kier molecular flexibility index (Phi) is 4.35. The number of amides is 2. The first-order chi connectivity index (χ1) is 16.4. The molecule has 1 aliphatic carbocycles. The number of nitrogens with zero attached hydrogens (tertiary/aromatic N) is 4. The van der Waals surface area contributed by atoms with Gasteiger partial charge in [-0.3, -0.25) is 14.8 Å². The fourth-order valence-electron chi connectivity index (χ4n) is 4.46. The normalized spacial score (nSPS) is 14.4. The lowest BCUT2D eigenvalue weighted by Gasteiger charge is -2.12. The summed E-state index contributed by atoms with van der Waals surface area (Å²) in [7, 11) is 0. The SMILES string of the molecule is Cc1cc(NC(=O)Nc2ccc(-c3nc(C4(C)CC4)n4ccnc(N)c34)c3ccccc23)n[nH]1. The number of fused-ring (bicyclic) bond motifs is 2. The molecule has 5 N–H and O–H groups in total. The monoisotopic (exact) mass is 452 g/mol. The number of anilines is 3. The zero-order valence-corrected chi connectivity index (χ0v) is 18.9. The minimum atomic E-state index is -0.366. The Labute approximate surface area is 195 Å². The van der Waals surface area contributed by atoms with Crippen LogP contribution < -0.4 is 16.4 Å². The lowest BCUT2D eigenvalue weighted by molar-refractivity contribution is 0.262. The number of nitrogens with one attached hydrogen (secondary N) is 3. The third-order valence-electron chi connectivity index (χ3n) is 6.50. The van der Waals surface area contributed by atoms with Crippen LogP contribution in [0.5, 0.6) is 0 Å². The highest BCUT2D eigenvalue weighted by molar-refractivity contribution is 6.10. The van der Waals surface area contributed by atoms with E-state index in [1.807, 2.05) is 49.5 Å². The molecule has 0 radical (unpaired) electrons. The first kappa shape index (κ1) is 20.2. The maximum absolute atomic E-state index is 12.6. The van der Waals surface area contributed by atoms with E-state index >= 15 is 0 Å². The van der Waals surface area contributed by atoms with E-state index in [4.69, 9.17) is 10.7 Å². The Bertz CT molecular complexity index is 1580. The Balaban J connectivity index is 1.45. The van der Waals surface area contributed by atoms with Crippen molar-refractivity contribution in [2.75, 3.05) is 16.4 Å². The van der Waals surface area contributed by atoms with Gasteiger partial charge in [-0.05, 0) is 31.2 Å². The molecule has 0 spiro atoms. The molecular weight excluding hydrogens is 428 g/mol. The van der Waals surface area contributed by atoms with Crippen LogP contribution in [0.25, 0.3) is 27.5 Å². The highest BCUT2D eigenvalue weighted by Gasteiger charge is 2.43. The van der Waals surface area contributed by atoms with Crippen LogP contribution in [0.15, 0.2) is 54.9 Å². The number of aromatic amines is 1. The highest BCUT2D eigenvalue weighted by Crippen LogP contribution is 2.49. The molecule has 9 heteroatoms. The van der Waals surface area contributed by atoms with Crippen LogP contribution in [0.4, 0.5) is 22.1 Å². The van der Waals surface area contributed by atoms with E-state index in [-0.39, 0.29) is 11.4 Å². The van der Waals surface area contributed by atoms with Gasteiger partial charge in [0.1, 0.15) is 22.9 Å². The Morgan fingerprint density at radius 2 is 1.94 bits per heavy atom. The number of aromatic nitrogens is 5. The van der Waals surface area contributed by atoms with E-state index in [1.54, 1.807) is 12.3 Å². The van der Waals surface area contributed by atoms with Gasteiger partial charge in [0.15, 0.2) is 5.82 Å². The van der Waals surface area contributed by atoms with E-state index < -0.39 is 0 Å². The number of nitrogens with two attached hydrogens (primary N) is 1. The van der Waals surface area contributed by atoms with E-state index in [0.717, 1.165) is 51.9 Å². The topological polar surface area (TPSA) is 126 Å². The number of nitrogen functional groups attached to an aromatic ring is 1. The quantitative estimate of drug-likeness (QED) is 0.310. The van der Waals surface area contributed by atoms with Crippen molar-refractivity contribution in [2.45, 2.75) is 32.1 Å². The molecule has 3 aromatic heterocycles. The molecular formula is C25H24N8O. The van der Waals surface area contributed by atoms with Crippen LogP contribution in [0, 0.1) is 6.92 Å². The van der Waals surface area contributed by atoms with Crippen LogP contribution in [0.1, 0.15) is 31.3 Å². The third kappa shape index (κ3) is 3.24. The van der Waals surface area contributed by atoms with Crippen molar-refractivity contribution in [3.8, 4) is 11.3 Å². The summed E-state index contributed by atoms with van der Waals surface area (Å²) in [5.41, 5.74) is 10.5. The number of benzene rings is 2. The van der Waals surface area contributed by atoms with Crippen molar-refractivity contribution >= 4 is 39.6 Å². The largest absolute Gasteiger partial charge is 0.382 e. The van der Waals surface area contributed by atoms with Gasteiger partial charge >= 0.3 is 6.03 Å². The van der Waals surface area contributed by atoms with Crippen LogP contribution in [-0.2, 0) is 5.41 Å². The molecule has 2 amide bonds. The molecule has 170 valence electrons. The maximum Gasteiger partial charge on any atom is 0.324 e. The molecule has 6 rings (SSSR count). The van der Waals surface area contributed by atoms with Crippen molar-refractivity contribution < 1.29 is 4.79 Å². The smallest absolute Gasteiger partial charge is 0.324 e. The summed E-state index contributed by atoms with van der Waals surface area (Å²) in [6.45, 7) is 4.10. The van der Waals surface area contributed by atoms with Gasteiger partial charge in [-0.1, -0.05) is 37.3 Å². The van der Waals surface area contributed by atoms with Crippen molar-refractivity contribution in [1.82, 2.24) is 24.6 Å². The van der Waals surface area contributed by atoms with E-state index in [2.05, 4.69) is 37.1 Å². The molecule has 5 aromatic rings. The van der Waals surface area contributed by atoms with E-state index in [1.165, 1.54) is 0 Å². The average molecular weight is 453 g/mol. The second kappa shape index (κ2) is 7.31. The molecule has 0 bridgehead atoms. The molecule has 0 aliphatic heterocycles. The summed E-state index contributed by atoms with van der Waals surface area (Å²) in [6.07, 6.45) is 5.85. The summed E-state index contributed by atoms with van der Waals surface area (Å²) >= 11 is 0. The van der Waals surface area contributed by atoms with Crippen LogP contribution >= 0.6 is 0 Å². The lowest BCUT2D eigenvalue weighted by atomic mass is 10.00.